The molecule has 6 heteroatoms. The Balaban J connectivity index is 0.00000242. The minimum Gasteiger partial charge on any atom is -0.496 e. The first-order valence-corrected chi connectivity index (χ1v) is 10.3. The van der Waals surface area contributed by atoms with E-state index in [-0.39, 0.29) is 29.6 Å². The van der Waals surface area contributed by atoms with E-state index in [1.165, 1.54) is 0 Å². The summed E-state index contributed by atoms with van der Waals surface area (Å²) in [6.07, 6.45) is -2.81. The third kappa shape index (κ3) is 5.67. The molecule has 2 nitrogen and oxygen atoms in total. The molecule has 0 bridgehead atoms. The van der Waals surface area contributed by atoms with E-state index < -0.39 is 6.12 Å². The summed E-state index contributed by atoms with van der Waals surface area (Å²) in [4.78, 5) is 0. The third-order valence-corrected chi connectivity index (χ3v) is 4.84. The van der Waals surface area contributed by atoms with E-state index in [2.05, 4.69) is 0 Å². The minimum absolute atomic E-state index is 0. The van der Waals surface area contributed by atoms with Gasteiger partial charge in [-0.1, -0.05) is 24.3 Å². The normalized spacial score (nSPS) is 10.8. The first kappa shape index (κ1) is 20.2. The smallest absolute Gasteiger partial charge is 0.496 e. The molecule has 0 atom stereocenters. The van der Waals surface area contributed by atoms with Crippen LogP contribution in [0.15, 0.2) is 36.4 Å². The van der Waals surface area contributed by atoms with Gasteiger partial charge in [-0.3, -0.25) is 0 Å². The van der Waals surface area contributed by atoms with Crippen molar-refractivity contribution in [3.05, 3.63) is 58.7 Å². The van der Waals surface area contributed by atoms with Crippen LogP contribution in [0.3, 0.4) is 0 Å². The predicted octanol–water partition coefficient (Wildman–Crippen LogP) is 2.15. The monoisotopic (exact) mass is 360 g/mol. The molecule has 0 heterocycles. The maximum Gasteiger partial charge on any atom is 1.00 e. The second kappa shape index (κ2) is 8.32. The van der Waals surface area contributed by atoms with Crippen molar-refractivity contribution in [2.24, 2.45) is 0 Å². The van der Waals surface area contributed by atoms with Crippen LogP contribution in [0.1, 0.15) is 22.3 Å². The molecule has 2 aromatic rings. The summed E-state index contributed by atoms with van der Waals surface area (Å²) in [5, 5.41) is 0. The Labute approximate surface area is 166 Å². The number of rotatable bonds is 4. The van der Waals surface area contributed by atoms with Crippen LogP contribution in [0.25, 0.3) is 0 Å². The predicted molar refractivity (Wildman–Crippen MR) is 94.7 cm³/mol. The van der Waals surface area contributed by atoms with Crippen molar-refractivity contribution >= 4 is 30.6 Å². The first-order valence-electron chi connectivity index (χ1n) is 6.61. The summed E-state index contributed by atoms with van der Waals surface area (Å²) < 4.78 is 11.7. The number of hydrogen-bond donors (Lipinski definition) is 0. The fraction of sp³-hybridized carbons (Fsp3) is 0.250. The third-order valence-electron chi connectivity index (χ3n) is 3.11. The van der Waals surface area contributed by atoms with Crippen molar-refractivity contribution in [1.82, 2.24) is 0 Å². The van der Waals surface area contributed by atoms with Crippen LogP contribution >= 0.6 is 6.12 Å². The Kier molecular flexibility index (Phi) is 7.65. The SMILES string of the molecule is Cc1ccc(C)c(O[P+]([S-])([S-])Oc2cc(C)ccc2C)c1.[Na+]. The number of aryl methyl sites for hydroxylation is 4. The molecule has 0 N–H and O–H groups in total. The fourth-order valence-corrected chi connectivity index (χ4v) is 3.75. The molecule has 0 saturated carbocycles. The van der Waals surface area contributed by atoms with E-state index in [0.29, 0.717) is 11.5 Å². The average molecular weight is 360 g/mol. The number of benzene rings is 2. The molecule has 2 aromatic carbocycles. The molecule has 0 spiro atoms. The zero-order valence-electron chi connectivity index (χ0n) is 13.5. The molecule has 2 rings (SSSR count). The largest absolute Gasteiger partial charge is 1.00 e. The Hall–Kier alpha value is 0.170. The van der Waals surface area contributed by atoms with Crippen molar-refractivity contribution in [2.45, 2.75) is 27.7 Å². The molecular weight excluding hydrogens is 342 g/mol. The Morgan fingerprint density at radius 1 is 0.727 bits per heavy atom. The van der Waals surface area contributed by atoms with Crippen LogP contribution in [0, 0.1) is 27.7 Å². The van der Waals surface area contributed by atoms with E-state index in [4.69, 9.17) is 33.5 Å². The summed E-state index contributed by atoms with van der Waals surface area (Å²) in [5.41, 5.74) is 4.22. The van der Waals surface area contributed by atoms with E-state index >= 15 is 0 Å². The van der Waals surface area contributed by atoms with Crippen LogP contribution < -0.4 is 38.6 Å². The second-order valence-corrected chi connectivity index (χ2v) is 10.0. The van der Waals surface area contributed by atoms with E-state index in [1.54, 1.807) is 0 Å². The quantitative estimate of drug-likeness (QED) is 0.472. The number of hydrogen-bond acceptors (Lipinski definition) is 4. The van der Waals surface area contributed by atoms with Gasteiger partial charge in [0.05, 0.1) is 0 Å². The van der Waals surface area contributed by atoms with Crippen molar-refractivity contribution in [1.29, 1.82) is 0 Å². The summed E-state index contributed by atoms with van der Waals surface area (Å²) in [6, 6.07) is 11.9. The molecule has 0 aromatic heterocycles. The molecule has 0 aliphatic carbocycles. The summed E-state index contributed by atoms with van der Waals surface area (Å²) in [7, 11) is 0. The minimum atomic E-state index is -2.81. The topological polar surface area (TPSA) is 18.5 Å². The van der Waals surface area contributed by atoms with Gasteiger partial charge in [-0.15, -0.1) is 0 Å². The van der Waals surface area contributed by atoms with E-state index in [1.807, 2.05) is 64.1 Å². The average Bonchev–Trinajstić information content (AvgIpc) is 2.37. The second-order valence-electron chi connectivity index (χ2n) is 5.17. The molecule has 22 heavy (non-hydrogen) atoms. The van der Waals surface area contributed by atoms with Gasteiger partial charge >= 0.3 is 29.6 Å². The fourth-order valence-electron chi connectivity index (χ4n) is 1.87. The van der Waals surface area contributed by atoms with Gasteiger partial charge in [0, 0.05) is 0 Å². The first-order chi connectivity index (χ1) is 9.77. The van der Waals surface area contributed by atoms with Crippen LogP contribution in [-0.4, -0.2) is 0 Å². The standard InChI is InChI=1S/C16H19O2PS2.Na/c1-11-5-7-13(3)15(9-11)17-19(20,21)18-16-10-12(2)6-8-14(16)4;/h5-10H,1-4H3,(H,20,21);/q;+1/p-1. The van der Waals surface area contributed by atoms with Crippen molar-refractivity contribution in [2.75, 3.05) is 0 Å². The Bertz CT molecular complexity index is 607. The van der Waals surface area contributed by atoms with Crippen LogP contribution in [0.5, 0.6) is 11.5 Å². The van der Waals surface area contributed by atoms with Gasteiger partial charge in [0.1, 0.15) is 6.12 Å². The van der Waals surface area contributed by atoms with Gasteiger partial charge in [-0.2, -0.15) is 0 Å². The van der Waals surface area contributed by atoms with Gasteiger partial charge < -0.3 is 33.5 Å². The van der Waals surface area contributed by atoms with Gasteiger partial charge in [0.15, 0.2) is 11.5 Å². The summed E-state index contributed by atoms with van der Waals surface area (Å²) in [5.74, 6) is 1.41. The van der Waals surface area contributed by atoms with Gasteiger partial charge in [0.2, 0.25) is 0 Å². The van der Waals surface area contributed by atoms with Crippen LogP contribution in [0.2, 0.25) is 0 Å². The van der Waals surface area contributed by atoms with Crippen LogP contribution in [0.4, 0.5) is 0 Å². The molecule has 0 aliphatic heterocycles. The molecule has 0 unspecified atom stereocenters. The zero-order valence-corrected chi connectivity index (χ0v) is 18.1. The van der Waals surface area contributed by atoms with Gasteiger partial charge in [0.25, 0.3) is 0 Å². The van der Waals surface area contributed by atoms with E-state index in [0.717, 1.165) is 22.3 Å². The maximum absolute atomic E-state index is 5.83. The van der Waals surface area contributed by atoms with Crippen molar-refractivity contribution in [3.63, 3.8) is 0 Å². The molecular formula is C16H18NaO2PS2. The van der Waals surface area contributed by atoms with Gasteiger partial charge in [-0.25, -0.2) is 0 Å². The summed E-state index contributed by atoms with van der Waals surface area (Å²) in [6.45, 7) is 7.95. The molecule has 0 saturated heterocycles. The Morgan fingerprint density at radius 3 is 1.45 bits per heavy atom. The van der Waals surface area contributed by atoms with Crippen molar-refractivity contribution in [3.8, 4) is 11.5 Å². The molecule has 0 radical (unpaired) electrons. The molecule has 112 valence electrons. The molecule has 0 aliphatic rings. The van der Waals surface area contributed by atoms with E-state index in [9.17, 15) is 0 Å². The summed E-state index contributed by atoms with van der Waals surface area (Å²) >= 11 is 10.8. The van der Waals surface area contributed by atoms with Crippen molar-refractivity contribution < 1.29 is 38.6 Å². The zero-order chi connectivity index (χ0) is 15.6. The maximum atomic E-state index is 5.83. The molecule has 0 amide bonds. The van der Waals surface area contributed by atoms with Crippen LogP contribution in [-0.2, 0) is 24.5 Å². The van der Waals surface area contributed by atoms with Gasteiger partial charge in [-0.05, 0) is 62.1 Å². The Morgan fingerprint density at radius 2 is 1.09 bits per heavy atom. The molecule has 0 fully saturated rings.